The summed E-state index contributed by atoms with van der Waals surface area (Å²) in [5.74, 6) is 2.21. The molecule has 0 radical (unpaired) electrons. The number of ether oxygens (including phenoxy) is 2. The lowest BCUT2D eigenvalue weighted by molar-refractivity contribution is 0.335. The van der Waals surface area contributed by atoms with Gasteiger partial charge in [-0.1, -0.05) is 6.07 Å². The zero-order valence-corrected chi connectivity index (χ0v) is 11.4. The monoisotopic (exact) mass is 250 g/mol. The van der Waals surface area contributed by atoms with Crippen LogP contribution in [0.2, 0.25) is 0 Å². The van der Waals surface area contributed by atoms with Gasteiger partial charge < -0.3 is 19.7 Å². The molecule has 0 bridgehead atoms. The van der Waals surface area contributed by atoms with Crippen molar-refractivity contribution in [2.75, 3.05) is 47.4 Å². The maximum Gasteiger partial charge on any atom is 0.126 e. The van der Waals surface area contributed by atoms with Crippen LogP contribution >= 0.6 is 0 Å². The minimum atomic E-state index is 0.457. The molecule has 2 rings (SSSR count). The largest absolute Gasteiger partial charge is 0.497 e. The number of benzene rings is 1. The van der Waals surface area contributed by atoms with E-state index in [1.165, 1.54) is 5.56 Å². The molecule has 0 aliphatic carbocycles. The summed E-state index contributed by atoms with van der Waals surface area (Å²) in [6.45, 7) is 4.18. The quantitative estimate of drug-likeness (QED) is 0.877. The first-order valence-electron chi connectivity index (χ1n) is 6.35. The van der Waals surface area contributed by atoms with Crippen molar-refractivity contribution in [1.82, 2.24) is 10.2 Å². The molecule has 1 aromatic rings. The predicted octanol–water partition coefficient (Wildman–Crippen LogP) is 1.32. The van der Waals surface area contributed by atoms with Gasteiger partial charge in [-0.2, -0.15) is 0 Å². The average molecular weight is 250 g/mol. The molecule has 1 aromatic carbocycles. The summed E-state index contributed by atoms with van der Waals surface area (Å²) in [5, 5.41) is 3.48. The number of nitrogens with one attached hydrogen (secondary N) is 1. The Bertz CT molecular complexity index is 395. The molecule has 1 aliphatic rings. The summed E-state index contributed by atoms with van der Waals surface area (Å²) in [6.07, 6.45) is 0. The number of likely N-dealkylation sites (N-methyl/N-ethyl adjacent to an activating group) is 1. The second-order valence-corrected chi connectivity index (χ2v) is 4.77. The maximum atomic E-state index is 5.49. The van der Waals surface area contributed by atoms with Crippen LogP contribution in [0, 0.1) is 0 Å². The number of hydrogen-bond donors (Lipinski definition) is 1. The molecule has 0 spiro atoms. The normalized spacial score (nSPS) is 21.4. The van der Waals surface area contributed by atoms with Gasteiger partial charge >= 0.3 is 0 Å². The van der Waals surface area contributed by atoms with Gasteiger partial charge in [0.25, 0.3) is 0 Å². The van der Waals surface area contributed by atoms with Crippen molar-refractivity contribution in [3.63, 3.8) is 0 Å². The molecule has 1 saturated heterocycles. The molecule has 1 fully saturated rings. The Morgan fingerprint density at radius 2 is 2.11 bits per heavy atom. The Kier molecular flexibility index (Phi) is 4.44. The molecule has 1 unspecified atom stereocenters. The van der Waals surface area contributed by atoms with E-state index in [0.717, 1.165) is 37.7 Å². The first kappa shape index (κ1) is 13.2. The van der Waals surface area contributed by atoms with Gasteiger partial charge in [-0.3, -0.25) is 0 Å². The minimum Gasteiger partial charge on any atom is -0.497 e. The summed E-state index contributed by atoms with van der Waals surface area (Å²) in [7, 11) is 5.55. The highest BCUT2D eigenvalue weighted by atomic mass is 16.5. The Morgan fingerprint density at radius 3 is 2.83 bits per heavy atom. The average Bonchev–Trinajstić information content (AvgIpc) is 2.62. The highest BCUT2D eigenvalue weighted by Crippen LogP contribution is 2.31. The van der Waals surface area contributed by atoms with E-state index < -0.39 is 0 Å². The molecular formula is C14H22N2O2. The molecule has 0 aromatic heterocycles. The molecular weight excluding hydrogens is 228 g/mol. The lowest BCUT2D eigenvalue weighted by Gasteiger charge is -2.22. The van der Waals surface area contributed by atoms with Crippen molar-refractivity contribution in [2.45, 2.75) is 5.92 Å². The molecule has 0 saturated carbocycles. The van der Waals surface area contributed by atoms with Gasteiger partial charge in [-0.15, -0.1) is 0 Å². The van der Waals surface area contributed by atoms with Crippen molar-refractivity contribution >= 4 is 0 Å². The van der Waals surface area contributed by atoms with Gasteiger partial charge in [-0.25, -0.2) is 0 Å². The molecule has 1 aliphatic heterocycles. The first-order valence-corrected chi connectivity index (χ1v) is 6.35. The van der Waals surface area contributed by atoms with Crippen LogP contribution in [0.5, 0.6) is 11.5 Å². The Hall–Kier alpha value is -1.26. The molecule has 4 heteroatoms. The molecule has 1 heterocycles. The second kappa shape index (κ2) is 6.07. The van der Waals surface area contributed by atoms with Gasteiger partial charge in [0.15, 0.2) is 0 Å². The molecule has 4 nitrogen and oxygen atoms in total. The van der Waals surface area contributed by atoms with Crippen LogP contribution in [0.3, 0.4) is 0 Å². The third-order valence-electron chi connectivity index (χ3n) is 3.47. The lowest BCUT2D eigenvalue weighted by atomic mass is 9.97. The van der Waals surface area contributed by atoms with Crippen molar-refractivity contribution in [3.05, 3.63) is 23.8 Å². The van der Waals surface area contributed by atoms with Crippen LogP contribution in [-0.4, -0.2) is 52.3 Å². The number of rotatable bonds is 3. The highest BCUT2D eigenvalue weighted by Gasteiger charge is 2.20. The summed E-state index contributed by atoms with van der Waals surface area (Å²) in [4.78, 5) is 2.36. The van der Waals surface area contributed by atoms with Crippen molar-refractivity contribution in [1.29, 1.82) is 0 Å². The van der Waals surface area contributed by atoms with Crippen LogP contribution in [0.25, 0.3) is 0 Å². The van der Waals surface area contributed by atoms with E-state index in [9.17, 15) is 0 Å². The van der Waals surface area contributed by atoms with Crippen molar-refractivity contribution < 1.29 is 9.47 Å². The second-order valence-electron chi connectivity index (χ2n) is 4.77. The van der Waals surface area contributed by atoms with E-state index in [1.54, 1.807) is 14.2 Å². The SMILES string of the molecule is COc1ccc(C2CNCCN(C)C2)c(OC)c1. The van der Waals surface area contributed by atoms with Gasteiger partial charge in [0.05, 0.1) is 14.2 Å². The fraction of sp³-hybridized carbons (Fsp3) is 0.571. The highest BCUT2D eigenvalue weighted by molar-refractivity contribution is 5.43. The smallest absolute Gasteiger partial charge is 0.126 e. The Morgan fingerprint density at radius 1 is 1.28 bits per heavy atom. The summed E-state index contributed by atoms with van der Waals surface area (Å²) >= 11 is 0. The fourth-order valence-corrected chi connectivity index (χ4v) is 2.44. The number of nitrogens with zero attached hydrogens (tertiary/aromatic N) is 1. The van der Waals surface area contributed by atoms with E-state index in [-0.39, 0.29) is 0 Å². The standard InChI is InChI=1S/C14H22N2O2/c1-16-7-6-15-9-11(10-16)13-5-4-12(17-2)8-14(13)18-3/h4-5,8,11,15H,6-7,9-10H2,1-3H3. The van der Waals surface area contributed by atoms with E-state index >= 15 is 0 Å². The third-order valence-corrected chi connectivity index (χ3v) is 3.47. The first-order chi connectivity index (χ1) is 8.74. The van der Waals surface area contributed by atoms with Gasteiger partial charge in [0.2, 0.25) is 0 Å². The third kappa shape index (κ3) is 2.94. The van der Waals surface area contributed by atoms with Gasteiger partial charge in [0.1, 0.15) is 11.5 Å². The molecule has 18 heavy (non-hydrogen) atoms. The Balaban J connectivity index is 2.25. The van der Waals surface area contributed by atoms with Crippen LogP contribution in [0.15, 0.2) is 18.2 Å². The fourth-order valence-electron chi connectivity index (χ4n) is 2.44. The zero-order chi connectivity index (χ0) is 13.0. The zero-order valence-electron chi connectivity index (χ0n) is 11.4. The van der Waals surface area contributed by atoms with Gasteiger partial charge in [0, 0.05) is 43.7 Å². The predicted molar refractivity (Wildman–Crippen MR) is 72.7 cm³/mol. The number of hydrogen-bond acceptors (Lipinski definition) is 4. The summed E-state index contributed by atoms with van der Waals surface area (Å²) in [6, 6.07) is 6.08. The van der Waals surface area contributed by atoms with E-state index in [1.807, 2.05) is 12.1 Å². The Labute approximate surface area is 109 Å². The van der Waals surface area contributed by atoms with Crippen molar-refractivity contribution in [2.24, 2.45) is 0 Å². The molecule has 100 valence electrons. The van der Waals surface area contributed by atoms with Crippen LogP contribution < -0.4 is 14.8 Å². The van der Waals surface area contributed by atoms with E-state index in [2.05, 4.69) is 23.3 Å². The maximum absolute atomic E-state index is 5.49. The minimum absolute atomic E-state index is 0.457. The molecule has 1 N–H and O–H groups in total. The number of methoxy groups -OCH3 is 2. The summed E-state index contributed by atoms with van der Waals surface area (Å²) in [5.41, 5.74) is 1.25. The van der Waals surface area contributed by atoms with E-state index in [0.29, 0.717) is 5.92 Å². The summed E-state index contributed by atoms with van der Waals surface area (Å²) < 4.78 is 10.7. The van der Waals surface area contributed by atoms with Crippen LogP contribution in [0.1, 0.15) is 11.5 Å². The van der Waals surface area contributed by atoms with Crippen molar-refractivity contribution in [3.8, 4) is 11.5 Å². The van der Waals surface area contributed by atoms with Gasteiger partial charge in [-0.05, 0) is 13.1 Å². The van der Waals surface area contributed by atoms with E-state index in [4.69, 9.17) is 9.47 Å². The topological polar surface area (TPSA) is 33.7 Å². The van der Waals surface area contributed by atoms with Crippen LogP contribution in [-0.2, 0) is 0 Å². The lowest BCUT2D eigenvalue weighted by Crippen LogP contribution is -2.25. The molecule has 1 atom stereocenters. The molecule has 0 amide bonds. The van der Waals surface area contributed by atoms with Crippen LogP contribution in [0.4, 0.5) is 0 Å².